The number of nitrogens with two attached hydrogens (primary N) is 1. The predicted molar refractivity (Wildman–Crippen MR) is 94.9 cm³/mol. The second-order valence-corrected chi connectivity index (χ2v) is 6.17. The SMILES string of the molecule is COC(=O)C=Cc1ccc(N)c(-n2ccnc2C2CCCCC2)c1. The first-order valence-corrected chi connectivity index (χ1v) is 8.38. The first kappa shape index (κ1) is 16.3. The monoisotopic (exact) mass is 325 g/mol. The van der Waals surface area contributed by atoms with Crippen LogP contribution in [-0.2, 0) is 9.53 Å². The van der Waals surface area contributed by atoms with Crippen molar-refractivity contribution in [3.05, 3.63) is 48.1 Å². The van der Waals surface area contributed by atoms with Gasteiger partial charge in [-0.2, -0.15) is 0 Å². The van der Waals surface area contributed by atoms with Gasteiger partial charge < -0.3 is 15.0 Å². The number of esters is 1. The number of nitrogen functional groups attached to an aromatic ring is 1. The molecule has 0 spiro atoms. The summed E-state index contributed by atoms with van der Waals surface area (Å²) in [5.74, 6) is 1.19. The minimum Gasteiger partial charge on any atom is -0.466 e. The lowest BCUT2D eigenvalue weighted by Gasteiger charge is -2.22. The zero-order valence-corrected chi connectivity index (χ0v) is 13.9. The molecule has 5 heteroatoms. The number of anilines is 1. The maximum Gasteiger partial charge on any atom is 0.330 e. The van der Waals surface area contributed by atoms with E-state index < -0.39 is 0 Å². The van der Waals surface area contributed by atoms with Crippen LogP contribution in [0.2, 0.25) is 0 Å². The molecular formula is C19H23N3O2. The van der Waals surface area contributed by atoms with E-state index in [9.17, 15) is 4.79 Å². The van der Waals surface area contributed by atoms with Crippen LogP contribution in [0.25, 0.3) is 11.8 Å². The summed E-state index contributed by atoms with van der Waals surface area (Å²) in [6.45, 7) is 0. The first-order valence-electron chi connectivity index (χ1n) is 8.38. The summed E-state index contributed by atoms with van der Waals surface area (Å²) in [7, 11) is 1.36. The molecule has 126 valence electrons. The smallest absolute Gasteiger partial charge is 0.330 e. The second-order valence-electron chi connectivity index (χ2n) is 6.17. The van der Waals surface area contributed by atoms with Crippen molar-refractivity contribution >= 4 is 17.7 Å². The second kappa shape index (κ2) is 7.34. The third-order valence-electron chi connectivity index (χ3n) is 4.57. The average Bonchev–Trinajstić information content (AvgIpc) is 3.11. The molecule has 0 unspecified atom stereocenters. The molecule has 1 heterocycles. The van der Waals surface area contributed by atoms with Crippen molar-refractivity contribution in [1.29, 1.82) is 0 Å². The van der Waals surface area contributed by atoms with Crippen LogP contribution in [0.1, 0.15) is 49.4 Å². The van der Waals surface area contributed by atoms with Crippen molar-refractivity contribution in [2.24, 2.45) is 0 Å². The largest absolute Gasteiger partial charge is 0.466 e. The van der Waals surface area contributed by atoms with Crippen LogP contribution in [0, 0.1) is 0 Å². The van der Waals surface area contributed by atoms with Gasteiger partial charge in [0.15, 0.2) is 0 Å². The van der Waals surface area contributed by atoms with Gasteiger partial charge in [-0.25, -0.2) is 9.78 Å². The lowest BCUT2D eigenvalue weighted by atomic mass is 9.88. The van der Waals surface area contributed by atoms with Gasteiger partial charge in [0.05, 0.1) is 18.5 Å². The number of ether oxygens (including phenoxy) is 1. The van der Waals surface area contributed by atoms with E-state index in [0.29, 0.717) is 11.6 Å². The topological polar surface area (TPSA) is 70.1 Å². The molecule has 1 aliphatic carbocycles. The normalized spacial score (nSPS) is 15.7. The Balaban J connectivity index is 1.93. The van der Waals surface area contributed by atoms with Crippen molar-refractivity contribution in [2.45, 2.75) is 38.0 Å². The summed E-state index contributed by atoms with van der Waals surface area (Å²) in [5, 5.41) is 0. The standard InChI is InChI=1S/C19H23N3O2/c1-24-18(23)10-8-14-7-9-16(20)17(13-14)22-12-11-21-19(22)15-5-3-2-4-6-15/h7-13,15H,2-6,20H2,1H3. The van der Waals surface area contributed by atoms with Crippen LogP contribution in [0.4, 0.5) is 5.69 Å². The Morgan fingerprint density at radius 2 is 2.12 bits per heavy atom. The Bertz CT molecular complexity index is 743. The highest BCUT2D eigenvalue weighted by Gasteiger charge is 2.21. The molecule has 0 aliphatic heterocycles. The number of hydrogen-bond acceptors (Lipinski definition) is 4. The van der Waals surface area contributed by atoms with E-state index >= 15 is 0 Å². The zero-order chi connectivity index (χ0) is 16.9. The number of methoxy groups -OCH3 is 1. The van der Waals surface area contributed by atoms with Gasteiger partial charge in [0, 0.05) is 24.4 Å². The zero-order valence-electron chi connectivity index (χ0n) is 13.9. The molecule has 0 saturated heterocycles. The van der Waals surface area contributed by atoms with E-state index in [4.69, 9.17) is 5.73 Å². The van der Waals surface area contributed by atoms with Crippen molar-refractivity contribution < 1.29 is 9.53 Å². The summed E-state index contributed by atoms with van der Waals surface area (Å²) in [4.78, 5) is 15.9. The Kier molecular flexibility index (Phi) is 4.99. The number of nitrogens with zero attached hydrogens (tertiary/aromatic N) is 2. The molecule has 1 aliphatic rings. The van der Waals surface area contributed by atoms with Crippen LogP contribution in [0.15, 0.2) is 36.7 Å². The third-order valence-corrected chi connectivity index (χ3v) is 4.57. The van der Waals surface area contributed by atoms with Crippen LogP contribution in [-0.4, -0.2) is 22.6 Å². The highest BCUT2D eigenvalue weighted by Crippen LogP contribution is 2.33. The molecular weight excluding hydrogens is 302 g/mol. The third kappa shape index (κ3) is 3.50. The number of benzene rings is 1. The number of rotatable bonds is 4. The van der Waals surface area contributed by atoms with Crippen LogP contribution in [0.3, 0.4) is 0 Å². The van der Waals surface area contributed by atoms with E-state index in [2.05, 4.69) is 14.3 Å². The lowest BCUT2D eigenvalue weighted by Crippen LogP contribution is -2.12. The fourth-order valence-corrected chi connectivity index (χ4v) is 3.29. The van der Waals surface area contributed by atoms with Crippen LogP contribution in [0.5, 0.6) is 0 Å². The molecule has 0 bridgehead atoms. The highest BCUT2D eigenvalue weighted by atomic mass is 16.5. The van der Waals surface area contributed by atoms with Gasteiger partial charge in [-0.05, 0) is 36.6 Å². The summed E-state index contributed by atoms with van der Waals surface area (Å²) in [6, 6.07) is 5.72. The fraction of sp³-hybridized carbons (Fsp3) is 0.368. The number of imidazole rings is 1. The summed E-state index contributed by atoms with van der Waals surface area (Å²) >= 11 is 0. The molecule has 24 heavy (non-hydrogen) atoms. The molecule has 1 aromatic carbocycles. The Hall–Kier alpha value is -2.56. The van der Waals surface area contributed by atoms with Crippen molar-refractivity contribution in [3.8, 4) is 5.69 Å². The molecule has 3 rings (SSSR count). The van der Waals surface area contributed by atoms with E-state index in [-0.39, 0.29) is 5.97 Å². The number of aromatic nitrogens is 2. The molecule has 1 saturated carbocycles. The molecule has 2 N–H and O–H groups in total. The molecule has 0 radical (unpaired) electrons. The molecule has 2 aromatic rings. The lowest BCUT2D eigenvalue weighted by molar-refractivity contribution is -0.134. The van der Waals surface area contributed by atoms with E-state index in [0.717, 1.165) is 17.1 Å². The maximum absolute atomic E-state index is 11.3. The maximum atomic E-state index is 11.3. The van der Waals surface area contributed by atoms with Crippen molar-refractivity contribution in [2.75, 3.05) is 12.8 Å². The van der Waals surface area contributed by atoms with Crippen molar-refractivity contribution in [1.82, 2.24) is 9.55 Å². The van der Waals surface area contributed by atoms with Crippen molar-refractivity contribution in [3.63, 3.8) is 0 Å². The molecule has 1 fully saturated rings. The molecule has 0 amide bonds. The number of carbonyl (C=O) groups excluding carboxylic acids is 1. The summed E-state index contributed by atoms with van der Waals surface area (Å²) in [6.07, 6.45) is 13.1. The van der Waals surface area contributed by atoms with Gasteiger partial charge in [0.1, 0.15) is 5.82 Å². The predicted octanol–water partition coefficient (Wildman–Crippen LogP) is 3.69. The Morgan fingerprint density at radius 1 is 1.33 bits per heavy atom. The minimum absolute atomic E-state index is 0.376. The minimum atomic E-state index is -0.376. The van der Waals surface area contributed by atoms with Gasteiger partial charge in [-0.3, -0.25) is 0 Å². The average molecular weight is 325 g/mol. The summed E-state index contributed by atoms with van der Waals surface area (Å²) in [5.41, 5.74) is 8.69. The Labute approximate surface area is 142 Å². The number of carbonyl (C=O) groups is 1. The summed E-state index contributed by atoms with van der Waals surface area (Å²) < 4.78 is 6.72. The highest BCUT2D eigenvalue weighted by molar-refractivity contribution is 5.87. The first-order chi connectivity index (χ1) is 11.7. The van der Waals surface area contributed by atoms with E-state index in [1.54, 1.807) is 6.08 Å². The fourth-order valence-electron chi connectivity index (χ4n) is 3.29. The van der Waals surface area contributed by atoms with Gasteiger partial charge in [0.2, 0.25) is 0 Å². The molecule has 1 aromatic heterocycles. The molecule has 5 nitrogen and oxygen atoms in total. The van der Waals surface area contributed by atoms with Gasteiger partial charge in [-0.1, -0.05) is 25.3 Å². The van der Waals surface area contributed by atoms with E-state index in [1.165, 1.54) is 45.3 Å². The Morgan fingerprint density at radius 3 is 2.88 bits per heavy atom. The number of hydrogen-bond donors (Lipinski definition) is 1. The van der Waals surface area contributed by atoms with Gasteiger partial charge in [0.25, 0.3) is 0 Å². The quantitative estimate of drug-likeness (QED) is 0.529. The van der Waals surface area contributed by atoms with Gasteiger partial charge in [-0.15, -0.1) is 0 Å². The molecule has 0 atom stereocenters. The van der Waals surface area contributed by atoms with E-state index in [1.807, 2.05) is 30.6 Å². The van der Waals surface area contributed by atoms with Gasteiger partial charge >= 0.3 is 5.97 Å². The van der Waals surface area contributed by atoms with Crippen LogP contribution < -0.4 is 5.73 Å². The van der Waals surface area contributed by atoms with Crippen LogP contribution >= 0.6 is 0 Å².